The van der Waals surface area contributed by atoms with Crippen molar-refractivity contribution in [3.8, 4) is 0 Å². The first-order valence-corrected chi connectivity index (χ1v) is 10.0. The molecule has 0 spiro atoms. The Hall–Kier alpha value is -2.26. The van der Waals surface area contributed by atoms with Gasteiger partial charge in [-0.1, -0.05) is 42.5 Å². The van der Waals surface area contributed by atoms with Gasteiger partial charge in [-0.2, -0.15) is 0 Å². The smallest absolute Gasteiger partial charge is 0.132 e. The van der Waals surface area contributed by atoms with E-state index in [9.17, 15) is 8.78 Å². The van der Waals surface area contributed by atoms with Crippen molar-refractivity contribution in [3.63, 3.8) is 0 Å². The molecule has 0 bridgehead atoms. The fraction of sp³-hybridized carbons (Fsp3) is 0.360. The Morgan fingerprint density at radius 3 is 2.14 bits per heavy atom. The van der Waals surface area contributed by atoms with E-state index in [-0.39, 0.29) is 12.2 Å². The Labute approximate surface area is 166 Å². The van der Waals surface area contributed by atoms with E-state index in [0.29, 0.717) is 5.92 Å². The van der Waals surface area contributed by atoms with Gasteiger partial charge >= 0.3 is 0 Å². The molecule has 148 valence electrons. The predicted octanol–water partition coefficient (Wildman–Crippen LogP) is 7.11. The molecule has 0 amide bonds. The van der Waals surface area contributed by atoms with Crippen LogP contribution in [0, 0.1) is 17.6 Å². The van der Waals surface area contributed by atoms with Crippen LogP contribution in [-0.2, 0) is 4.74 Å². The largest absolute Gasteiger partial charge is 0.365 e. The summed E-state index contributed by atoms with van der Waals surface area (Å²) < 4.78 is 34.4. The summed E-state index contributed by atoms with van der Waals surface area (Å²) in [6, 6.07) is 11.9. The highest BCUT2D eigenvalue weighted by Crippen LogP contribution is 2.38. The van der Waals surface area contributed by atoms with Gasteiger partial charge in [-0.25, -0.2) is 8.78 Å². The van der Waals surface area contributed by atoms with Gasteiger partial charge in [0.25, 0.3) is 0 Å². The molecule has 28 heavy (non-hydrogen) atoms. The molecule has 0 aromatic heterocycles. The van der Waals surface area contributed by atoms with E-state index in [4.69, 9.17) is 4.74 Å². The first-order valence-electron chi connectivity index (χ1n) is 10.0. The van der Waals surface area contributed by atoms with E-state index in [1.165, 1.54) is 49.4 Å². The maximum absolute atomic E-state index is 14.3. The first-order chi connectivity index (χ1) is 13.6. The van der Waals surface area contributed by atoms with E-state index in [2.05, 4.69) is 25.3 Å². The molecule has 0 N–H and O–H groups in total. The highest BCUT2D eigenvalue weighted by molar-refractivity contribution is 5.35. The van der Waals surface area contributed by atoms with Crippen molar-refractivity contribution >= 4 is 0 Å². The molecule has 2 aromatic rings. The molecule has 0 radical (unpaired) electrons. The average Bonchev–Trinajstić information content (AvgIpc) is 2.71. The van der Waals surface area contributed by atoms with Gasteiger partial charge in [0, 0.05) is 0 Å². The van der Waals surface area contributed by atoms with E-state index in [0.717, 1.165) is 17.9 Å². The SMILES string of the molecule is C=CCOC(c1ccc([C@H]2CC[C@H](CC=C)CC2)cc1)c1c(F)cccc1F. The van der Waals surface area contributed by atoms with Gasteiger partial charge in [0.15, 0.2) is 0 Å². The van der Waals surface area contributed by atoms with E-state index in [1.54, 1.807) is 6.08 Å². The Bertz CT molecular complexity index is 768. The van der Waals surface area contributed by atoms with Crippen LogP contribution in [-0.4, -0.2) is 6.61 Å². The van der Waals surface area contributed by atoms with Crippen molar-refractivity contribution in [3.05, 3.63) is 96.1 Å². The van der Waals surface area contributed by atoms with Gasteiger partial charge in [-0.15, -0.1) is 13.2 Å². The summed E-state index contributed by atoms with van der Waals surface area (Å²) in [4.78, 5) is 0. The summed E-state index contributed by atoms with van der Waals surface area (Å²) >= 11 is 0. The lowest BCUT2D eigenvalue weighted by Crippen LogP contribution is -2.13. The molecule has 3 heteroatoms. The third kappa shape index (κ3) is 4.77. The minimum Gasteiger partial charge on any atom is -0.365 e. The maximum atomic E-state index is 14.3. The third-order valence-corrected chi connectivity index (χ3v) is 5.70. The maximum Gasteiger partial charge on any atom is 0.132 e. The van der Waals surface area contributed by atoms with Gasteiger partial charge in [0.2, 0.25) is 0 Å². The summed E-state index contributed by atoms with van der Waals surface area (Å²) in [5.41, 5.74) is 1.98. The predicted molar refractivity (Wildman–Crippen MR) is 110 cm³/mol. The zero-order valence-corrected chi connectivity index (χ0v) is 16.2. The molecule has 1 nitrogen and oxygen atoms in total. The van der Waals surface area contributed by atoms with Gasteiger partial charge in [0.1, 0.15) is 17.7 Å². The van der Waals surface area contributed by atoms with Gasteiger partial charge in [-0.05, 0) is 67.2 Å². The molecule has 3 rings (SSSR count). The Morgan fingerprint density at radius 1 is 0.929 bits per heavy atom. The Kier molecular flexibility index (Phi) is 7.16. The molecule has 1 saturated carbocycles. The summed E-state index contributed by atoms with van der Waals surface area (Å²) in [5.74, 6) is 0.110. The number of benzene rings is 2. The lowest BCUT2D eigenvalue weighted by Gasteiger charge is -2.28. The summed E-state index contributed by atoms with van der Waals surface area (Å²) in [7, 11) is 0. The van der Waals surface area contributed by atoms with Gasteiger partial charge in [-0.3, -0.25) is 0 Å². The van der Waals surface area contributed by atoms with Crippen molar-refractivity contribution in [1.82, 2.24) is 0 Å². The highest BCUT2D eigenvalue weighted by Gasteiger charge is 2.24. The van der Waals surface area contributed by atoms with Crippen molar-refractivity contribution in [2.75, 3.05) is 6.61 Å². The number of ether oxygens (including phenoxy) is 1. The Balaban J connectivity index is 1.79. The van der Waals surface area contributed by atoms with Crippen molar-refractivity contribution in [2.45, 2.75) is 44.1 Å². The average molecular weight is 382 g/mol. The number of hydrogen-bond acceptors (Lipinski definition) is 1. The molecule has 1 aliphatic carbocycles. The van der Waals surface area contributed by atoms with E-state index >= 15 is 0 Å². The van der Waals surface area contributed by atoms with Crippen LogP contribution in [0.2, 0.25) is 0 Å². The monoisotopic (exact) mass is 382 g/mol. The molecule has 0 saturated heterocycles. The lowest BCUT2D eigenvalue weighted by molar-refractivity contribution is 0.0984. The van der Waals surface area contributed by atoms with Gasteiger partial charge < -0.3 is 4.74 Å². The zero-order chi connectivity index (χ0) is 19.9. The van der Waals surface area contributed by atoms with Crippen LogP contribution in [0.1, 0.15) is 60.8 Å². The van der Waals surface area contributed by atoms with Crippen LogP contribution in [0.25, 0.3) is 0 Å². The zero-order valence-electron chi connectivity index (χ0n) is 16.2. The molecule has 1 unspecified atom stereocenters. The van der Waals surface area contributed by atoms with Crippen molar-refractivity contribution < 1.29 is 13.5 Å². The van der Waals surface area contributed by atoms with Crippen molar-refractivity contribution in [1.29, 1.82) is 0 Å². The van der Waals surface area contributed by atoms with Crippen LogP contribution in [0.5, 0.6) is 0 Å². The Morgan fingerprint density at radius 2 is 1.57 bits per heavy atom. The number of hydrogen-bond donors (Lipinski definition) is 0. The number of halogens is 2. The molecular weight excluding hydrogens is 354 g/mol. The minimum atomic E-state index is -0.795. The molecule has 2 aromatic carbocycles. The van der Waals surface area contributed by atoms with Crippen molar-refractivity contribution in [2.24, 2.45) is 5.92 Å². The minimum absolute atomic E-state index is 0.0537. The molecule has 0 heterocycles. The summed E-state index contributed by atoms with van der Waals surface area (Å²) in [6.45, 7) is 7.70. The molecule has 1 fully saturated rings. The number of rotatable bonds is 8. The quantitative estimate of drug-likeness (QED) is 0.442. The fourth-order valence-corrected chi connectivity index (χ4v) is 4.18. The molecule has 1 atom stereocenters. The molecular formula is C25H28F2O. The normalized spacial score (nSPS) is 20.5. The standard InChI is InChI=1S/C25H28F2O/c1-3-6-18-9-11-19(12-10-18)20-13-15-21(16-14-20)25(28-17-4-2)24-22(26)7-5-8-23(24)27/h3-5,7-8,13-16,18-19,25H,1-2,6,9-12,17H2/t18-,19-,25?. The summed E-state index contributed by atoms with van der Waals surface area (Å²) in [6.07, 6.45) is 8.71. The molecule has 0 aliphatic heterocycles. The van der Waals surface area contributed by atoms with Crippen LogP contribution < -0.4 is 0 Å². The second-order valence-electron chi connectivity index (χ2n) is 7.55. The van der Waals surface area contributed by atoms with Gasteiger partial charge in [0.05, 0.1) is 12.2 Å². The van der Waals surface area contributed by atoms with Crippen LogP contribution >= 0.6 is 0 Å². The third-order valence-electron chi connectivity index (χ3n) is 5.70. The first kappa shape index (κ1) is 20.5. The fourth-order valence-electron chi connectivity index (χ4n) is 4.18. The van der Waals surface area contributed by atoms with E-state index in [1.807, 2.05) is 18.2 Å². The topological polar surface area (TPSA) is 9.23 Å². The molecule has 1 aliphatic rings. The highest BCUT2D eigenvalue weighted by atomic mass is 19.1. The van der Waals surface area contributed by atoms with E-state index < -0.39 is 17.7 Å². The van der Waals surface area contributed by atoms with Crippen LogP contribution in [0.3, 0.4) is 0 Å². The number of allylic oxidation sites excluding steroid dienone is 1. The lowest BCUT2D eigenvalue weighted by atomic mass is 9.77. The van der Waals surface area contributed by atoms with Crippen LogP contribution in [0.4, 0.5) is 8.78 Å². The second-order valence-corrected chi connectivity index (χ2v) is 7.55. The van der Waals surface area contributed by atoms with Crippen LogP contribution in [0.15, 0.2) is 67.8 Å². The summed E-state index contributed by atoms with van der Waals surface area (Å²) in [5, 5.41) is 0. The second kappa shape index (κ2) is 9.79.